The fraction of sp³-hybridized carbons (Fsp3) is 0.105. The molecule has 0 amide bonds. The van der Waals surface area contributed by atoms with Crippen LogP contribution in [0.5, 0.6) is 5.75 Å². The van der Waals surface area contributed by atoms with Crippen LogP contribution in [0.4, 0.5) is 5.69 Å². The molecule has 0 atom stereocenters. The molecule has 2 aromatic carbocycles. The van der Waals surface area contributed by atoms with Crippen LogP contribution in [0.2, 0.25) is 0 Å². The molecule has 6 heteroatoms. The van der Waals surface area contributed by atoms with Gasteiger partial charge in [0.05, 0.1) is 24.0 Å². The number of aryl methyl sites for hydroxylation is 1. The topological polar surface area (TPSA) is 78.9 Å². The van der Waals surface area contributed by atoms with Crippen LogP contribution in [0.15, 0.2) is 55.0 Å². The number of rotatable bonds is 3. The van der Waals surface area contributed by atoms with E-state index in [0.717, 1.165) is 33.4 Å². The van der Waals surface area contributed by atoms with E-state index in [0.29, 0.717) is 11.4 Å². The molecular weight excluding hydrogens is 314 g/mol. The van der Waals surface area contributed by atoms with Crippen LogP contribution in [-0.2, 0) is 7.05 Å². The predicted molar refractivity (Wildman–Crippen MR) is 98.1 cm³/mol. The van der Waals surface area contributed by atoms with Crippen LogP contribution >= 0.6 is 0 Å². The van der Waals surface area contributed by atoms with E-state index in [1.54, 1.807) is 18.1 Å². The lowest BCUT2D eigenvalue weighted by Crippen LogP contribution is -1.96. The van der Waals surface area contributed by atoms with Crippen LogP contribution in [-0.4, -0.2) is 26.9 Å². The highest BCUT2D eigenvalue weighted by Crippen LogP contribution is 2.36. The number of nitrogens with zero attached hydrogens (tertiary/aromatic N) is 4. The smallest absolute Gasteiger partial charge is 0.143 e. The largest absolute Gasteiger partial charge is 0.495 e. The molecule has 2 aromatic heterocycles. The number of hydrogen-bond acceptors (Lipinski definition) is 5. The van der Waals surface area contributed by atoms with Gasteiger partial charge in [-0.2, -0.15) is 5.10 Å². The van der Waals surface area contributed by atoms with Crippen LogP contribution in [0.1, 0.15) is 0 Å². The molecule has 0 saturated heterocycles. The second-order valence-electron chi connectivity index (χ2n) is 5.76. The van der Waals surface area contributed by atoms with E-state index < -0.39 is 0 Å². The Hall–Kier alpha value is -3.41. The molecule has 25 heavy (non-hydrogen) atoms. The number of aromatic nitrogens is 4. The predicted octanol–water partition coefficient (Wildman–Crippen LogP) is 3.29. The standard InChI is InChI=1S/C19H17N5O/c1-24-10-14(18(23-24)12-6-4-3-5-7-12)19-13-8-15(20)17(25-2)9-16(13)21-11-22-19/h3-11H,20H2,1-2H3. The van der Waals surface area contributed by atoms with Crippen LogP contribution in [0.25, 0.3) is 33.4 Å². The van der Waals surface area contributed by atoms with Gasteiger partial charge in [0.15, 0.2) is 0 Å². The van der Waals surface area contributed by atoms with Crippen molar-refractivity contribution in [3.05, 3.63) is 55.0 Å². The normalized spacial score (nSPS) is 11.0. The van der Waals surface area contributed by atoms with Gasteiger partial charge in [0.25, 0.3) is 0 Å². The Bertz CT molecular complexity index is 1060. The lowest BCUT2D eigenvalue weighted by Gasteiger charge is -2.09. The molecular formula is C19H17N5O. The van der Waals surface area contributed by atoms with Gasteiger partial charge < -0.3 is 10.5 Å². The Morgan fingerprint density at radius 1 is 1.04 bits per heavy atom. The summed E-state index contributed by atoms with van der Waals surface area (Å²) in [7, 11) is 3.49. The molecule has 0 unspecified atom stereocenters. The van der Waals surface area contributed by atoms with Crippen LogP contribution < -0.4 is 10.5 Å². The van der Waals surface area contributed by atoms with E-state index in [2.05, 4.69) is 15.1 Å². The van der Waals surface area contributed by atoms with Crippen molar-refractivity contribution in [2.24, 2.45) is 7.05 Å². The Kier molecular flexibility index (Phi) is 3.57. The number of fused-ring (bicyclic) bond motifs is 1. The van der Waals surface area contributed by atoms with Gasteiger partial charge in [-0.1, -0.05) is 30.3 Å². The minimum Gasteiger partial charge on any atom is -0.495 e. The van der Waals surface area contributed by atoms with Gasteiger partial charge in [0, 0.05) is 35.8 Å². The molecule has 0 bridgehead atoms. The number of hydrogen-bond donors (Lipinski definition) is 1. The van der Waals surface area contributed by atoms with E-state index in [4.69, 9.17) is 10.5 Å². The van der Waals surface area contributed by atoms with Crippen molar-refractivity contribution in [3.8, 4) is 28.3 Å². The zero-order valence-corrected chi connectivity index (χ0v) is 14.0. The first-order valence-electron chi connectivity index (χ1n) is 7.85. The SMILES string of the molecule is COc1cc2ncnc(-c3cn(C)nc3-c3ccccc3)c2cc1N. The van der Waals surface area contributed by atoms with E-state index >= 15 is 0 Å². The Balaban J connectivity index is 1.99. The van der Waals surface area contributed by atoms with Crippen LogP contribution in [0, 0.1) is 0 Å². The van der Waals surface area contributed by atoms with E-state index in [1.807, 2.05) is 55.7 Å². The maximum Gasteiger partial charge on any atom is 0.143 e. The zero-order valence-electron chi connectivity index (χ0n) is 14.0. The van der Waals surface area contributed by atoms with Gasteiger partial charge in [-0.05, 0) is 6.07 Å². The molecule has 2 heterocycles. The fourth-order valence-electron chi connectivity index (χ4n) is 2.96. The third-order valence-electron chi connectivity index (χ3n) is 4.12. The van der Waals surface area contributed by atoms with Crippen molar-refractivity contribution in [1.29, 1.82) is 0 Å². The molecule has 0 aliphatic carbocycles. The first-order valence-corrected chi connectivity index (χ1v) is 7.85. The molecule has 2 N–H and O–H groups in total. The van der Waals surface area contributed by atoms with Crippen LogP contribution in [0.3, 0.4) is 0 Å². The Labute approximate surface area is 144 Å². The van der Waals surface area contributed by atoms with Crippen molar-refractivity contribution >= 4 is 16.6 Å². The summed E-state index contributed by atoms with van der Waals surface area (Å²) in [5.74, 6) is 0.603. The average molecular weight is 331 g/mol. The number of ether oxygens (including phenoxy) is 1. The van der Waals surface area contributed by atoms with E-state index in [1.165, 1.54) is 0 Å². The molecule has 0 fully saturated rings. The van der Waals surface area contributed by atoms with Crippen molar-refractivity contribution in [1.82, 2.24) is 19.7 Å². The summed E-state index contributed by atoms with van der Waals surface area (Å²) in [6.07, 6.45) is 3.51. The molecule has 0 radical (unpaired) electrons. The summed E-state index contributed by atoms with van der Waals surface area (Å²) in [6, 6.07) is 13.7. The van der Waals surface area contributed by atoms with Crippen molar-refractivity contribution < 1.29 is 4.74 Å². The molecule has 6 nitrogen and oxygen atoms in total. The fourth-order valence-corrected chi connectivity index (χ4v) is 2.96. The highest BCUT2D eigenvalue weighted by molar-refractivity contribution is 5.98. The molecule has 0 aliphatic heterocycles. The van der Waals surface area contributed by atoms with Crippen molar-refractivity contribution in [2.75, 3.05) is 12.8 Å². The number of nitrogens with two attached hydrogens (primary N) is 1. The molecule has 0 spiro atoms. The van der Waals surface area contributed by atoms with Gasteiger partial charge in [0.1, 0.15) is 17.8 Å². The second-order valence-corrected chi connectivity index (χ2v) is 5.76. The molecule has 0 aliphatic rings. The van der Waals surface area contributed by atoms with Gasteiger partial charge in [-0.25, -0.2) is 9.97 Å². The first-order chi connectivity index (χ1) is 12.2. The lowest BCUT2D eigenvalue weighted by molar-refractivity contribution is 0.417. The lowest BCUT2D eigenvalue weighted by atomic mass is 10.0. The molecule has 124 valence electrons. The maximum atomic E-state index is 6.10. The molecule has 4 rings (SSSR count). The Morgan fingerprint density at radius 2 is 1.84 bits per heavy atom. The summed E-state index contributed by atoms with van der Waals surface area (Å²) in [5.41, 5.74) is 11.1. The second kappa shape index (κ2) is 5.90. The molecule has 4 aromatic rings. The van der Waals surface area contributed by atoms with Gasteiger partial charge in [0.2, 0.25) is 0 Å². The summed E-state index contributed by atoms with van der Waals surface area (Å²) in [6.45, 7) is 0. The van der Waals surface area contributed by atoms with Gasteiger partial charge in [-0.3, -0.25) is 4.68 Å². The number of methoxy groups -OCH3 is 1. The van der Waals surface area contributed by atoms with Gasteiger partial charge in [-0.15, -0.1) is 0 Å². The maximum absolute atomic E-state index is 6.10. The quantitative estimate of drug-likeness (QED) is 0.583. The number of benzene rings is 2. The highest BCUT2D eigenvalue weighted by atomic mass is 16.5. The summed E-state index contributed by atoms with van der Waals surface area (Å²) in [4.78, 5) is 8.86. The summed E-state index contributed by atoms with van der Waals surface area (Å²) >= 11 is 0. The summed E-state index contributed by atoms with van der Waals surface area (Å²) < 4.78 is 7.08. The molecule has 0 saturated carbocycles. The number of anilines is 1. The number of nitrogen functional groups attached to an aromatic ring is 1. The average Bonchev–Trinajstić information content (AvgIpc) is 3.03. The van der Waals surface area contributed by atoms with Crippen molar-refractivity contribution in [2.45, 2.75) is 0 Å². The third kappa shape index (κ3) is 2.57. The minimum absolute atomic E-state index is 0.552. The Morgan fingerprint density at radius 3 is 2.60 bits per heavy atom. The highest BCUT2D eigenvalue weighted by Gasteiger charge is 2.17. The monoisotopic (exact) mass is 331 g/mol. The zero-order chi connectivity index (χ0) is 17.4. The van der Waals surface area contributed by atoms with E-state index in [-0.39, 0.29) is 0 Å². The van der Waals surface area contributed by atoms with Crippen molar-refractivity contribution in [3.63, 3.8) is 0 Å². The minimum atomic E-state index is 0.552. The third-order valence-corrected chi connectivity index (χ3v) is 4.12. The van der Waals surface area contributed by atoms with Gasteiger partial charge >= 0.3 is 0 Å². The first kappa shape index (κ1) is 15.1. The summed E-state index contributed by atoms with van der Waals surface area (Å²) in [5, 5.41) is 5.49. The van der Waals surface area contributed by atoms with E-state index in [9.17, 15) is 0 Å².